The predicted octanol–water partition coefficient (Wildman–Crippen LogP) is 11.7. The van der Waals surface area contributed by atoms with E-state index in [1.54, 1.807) is 0 Å². The molecule has 4 heterocycles. The van der Waals surface area contributed by atoms with Gasteiger partial charge in [-0.25, -0.2) is 0 Å². The van der Waals surface area contributed by atoms with Gasteiger partial charge in [0.25, 0.3) is 0 Å². The van der Waals surface area contributed by atoms with E-state index in [1.807, 2.05) is 30.5 Å². The summed E-state index contributed by atoms with van der Waals surface area (Å²) in [6.07, 6.45) is 10.7. The van der Waals surface area contributed by atoms with E-state index in [2.05, 4.69) is 116 Å². The second kappa shape index (κ2) is 13.5. The largest absolute Gasteiger partial charge is 0.501 e. The summed E-state index contributed by atoms with van der Waals surface area (Å²) in [5.74, 6) is 1.70. The molecular formula is C44H41IrN3O-2. The number of fused-ring (bicyclic) bond motifs is 3. The zero-order valence-electron chi connectivity index (χ0n) is 28.6. The van der Waals surface area contributed by atoms with Gasteiger partial charge in [0.2, 0.25) is 0 Å². The van der Waals surface area contributed by atoms with Crippen LogP contribution in [0, 0.1) is 24.5 Å². The Labute approximate surface area is 302 Å². The Hall–Kier alpha value is -4.31. The van der Waals surface area contributed by atoms with Crippen molar-refractivity contribution in [2.24, 2.45) is 5.41 Å². The van der Waals surface area contributed by atoms with Crippen LogP contribution in [0.3, 0.4) is 0 Å². The van der Waals surface area contributed by atoms with Gasteiger partial charge in [-0.1, -0.05) is 92.1 Å². The molecule has 3 aromatic heterocycles. The van der Waals surface area contributed by atoms with Crippen molar-refractivity contribution < 1.29 is 24.5 Å². The number of allylic oxidation sites excluding steroid dienone is 1. The second-order valence-corrected chi connectivity index (χ2v) is 14.7. The molecule has 1 aliphatic heterocycles. The minimum Gasteiger partial charge on any atom is -0.501 e. The average Bonchev–Trinajstić information content (AvgIpc) is 3.83. The Kier molecular flexibility index (Phi) is 9.17. The van der Waals surface area contributed by atoms with Gasteiger partial charge >= 0.3 is 0 Å². The first-order chi connectivity index (χ1) is 23.3. The molecule has 0 unspecified atom stereocenters. The van der Waals surface area contributed by atoms with Crippen LogP contribution in [0.5, 0.6) is 0 Å². The van der Waals surface area contributed by atoms with E-state index < -0.39 is 0 Å². The van der Waals surface area contributed by atoms with E-state index in [4.69, 9.17) is 9.40 Å². The van der Waals surface area contributed by atoms with E-state index in [-0.39, 0.29) is 25.5 Å². The first-order valence-corrected chi connectivity index (χ1v) is 17.3. The predicted molar refractivity (Wildman–Crippen MR) is 198 cm³/mol. The second-order valence-electron chi connectivity index (χ2n) is 14.7. The van der Waals surface area contributed by atoms with Crippen molar-refractivity contribution in [3.8, 4) is 22.6 Å². The standard InChI is InChI=1S/C23H20NO.C21H21N2.Ir/c1-15-9-10-18-19-7-4-8-20(23(19)25-22(18)13-15)21-14-17(11-12-24-21)16-5-2-3-6-16;1-21(2,3)13-15-12-17-10-7-11-18-19(17)23(14-15)20(22-18)16-8-5-4-6-9-16;/h4,7,9-14,16H,2-3,5-6H2,1H3;4-8,10-12H,13-14H2,1-3H3;/q2*-1;. The number of hydrogen-bond donors (Lipinski definition) is 0. The number of pyridine rings is 1. The number of nitrogens with zero attached hydrogens (tertiary/aromatic N) is 3. The molecule has 0 N–H and O–H groups in total. The number of hydrogen-bond acceptors (Lipinski definition) is 3. The molecule has 0 bridgehead atoms. The zero-order chi connectivity index (χ0) is 32.8. The third-order valence-electron chi connectivity index (χ3n) is 9.68. The summed E-state index contributed by atoms with van der Waals surface area (Å²) in [6, 6.07) is 36.0. The third kappa shape index (κ3) is 6.67. The molecule has 0 amide bonds. The molecule has 2 aliphatic rings. The van der Waals surface area contributed by atoms with Crippen LogP contribution in [-0.2, 0) is 26.7 Å². The third-order valence-corrected chi connectivity index (χ3v) is 9.68. The molecule has 5 heteroatoms. The fourth-order valence-electron chi connectivity index (χ4n) is 7.61. The number of imidazole rings is 1. The fraction of sp³-hybridized carbons (Fsp3) is 0.273. The fourth-order valence-corrected chi connectivity index (χ4v) is 7.61. The van der Waals surface area contributed by atoms with Gasteiger partial charge in [-0.2, -0.15) is 0 Å². The number of furan rings is 1. The average molecular weight is 820 g/mol. The molecule has 1 saturated carbocycles. The van der Waals surface area contributed by atoms with E-state index >= 15 is 0 Å². The van der Waals surface area contributed by atoms with Gasteiger partial charge in [-0.3, -0.25) is 4.98 Å². The van der Waals surface area contributed by atoms with Crippen LogP contribution in [0.25, 0.3) is 61.7 Å². The summed E-state index contributed by atoms with van der Waals surface area (Å²) in [6.45, 7) is 9.90. The quantitative estimate of drug-likeness (QED) is 0.166. The van der Waals surface area contributed by atoms with E-state index in [9.17, 15) is 0 Å². The van der Waals surface area contributed by atoms with Crippen molar-refractivity contribution in [1.29, 1.82) is 0 Å². The Balaban J connectivity index is 0.000000152. The van der Waals surface area contributed by atoms with Gasteiger partial charge in [-0.05, 0) is 72.5 Å². The SMILES string of the molecule is CC(C)(C)CC1=Cc2cccc3nc(-c4[c-]cccc4)n(c23)C1.Cc1ccc2c(c1)oc1c(-c3cc(C4CCCC4)ccn3)[c-]ccc12.[Ir]. The van der Waals surface area contributed by atoms with Crippen molar-refractivity contribution in [1.82, 2.24) is 14.5 Å². The van der Waals surface area contributed by atoms with Gasteiger partial charge < -0.3 is 14.0 Å². The van der Waals surface area contributed by atoms with Gasteiger partial charge in [0.15, 0.2) is 0 Å². The molecule has 1 radical (unpaired) electrons. The summed E-state index contributed by atoms with van der Waals surface area (Å²) in [7, 11) is 0. The number of rotatable bonds is 4. The van der Waals surface area contributed by atoms with Crippen molar-refractivity contribution in [2.45, 2.75) is 72.3 Å². The number of benzene rings is 4. The number of aryl methyl sites for hydroxylation is 1. The van der Waals surface area contributed by atoms with Crippen LogP contribution in [0.4, 0.5) is 0 Å². The first kappa shape index (κ1) is 33.2. The van der Waals surface area contributed by atoms with Gasteiger partial charge in [-0.15, -0.1) is 54.1 Å². The van der Waals surface area contributed by atoms with Crippen molar-refractivity contribution in [3.05, 3.63) is 126 Å². The van der Waals surface area contributed by atoms with E-state index in [1.165, 1.54) is 53.5 Å². The van der Waals surface area contributed by atoms with Crippen molar-refractivity contribution in [3.63, 3.8) is 0 Å². The molecule has 0 saturated heterocycles. The Morgan fingerprint density at radius 1 is 0.898 bits per heavy atom. The summed E-state index contributed by atoms with van der Waals surface area (Å²) in [5, 5.41) is 2.29. The Bertz CT molecular complexity index is 2300. The van der Waals surface area contributed by atoms with Crippen LogP contribution in [0.1, 0.15) is 75.5 Å². The zero-order valence-corrected chi connectivity index (χ0v) is 31.0. The van der Waals surface area contributed by atoms with Crippen molar-refractivity contribution >= 4 is 39.0 Å². The van der Waals surface area contributed by atoms with Crippen LogP contribution in [-0.4, -0.2) is 14.5 Å². The smallest absolute Gasteiger partial charge is 0.121 e. The molecular weight excluding hydrogens is 779 g/mol. The summed E-state index contributed by atoms with van der Waals surface area (Å²) < 4.78 is 8.57. The summed E-state index contributed by atoms with van der Waals surface area (Å²) in [5.41, 5.74) is 12.8. The van der Waals surface area contributed by atoms with Crippen LogP contribution in [0.2, 0.25) is 0 Å². The first-order valence-electron chi connectivity index (χ1n) is 17.3. The molecule has 0 spiro atoms. The topological polar surface area (TPSA) is 43.9 Å². The minimum atomic E-state index is 0. The molecule has 0 atom stereocenters. The molecule has 9 rings (SSSR count). The maximum atomic E-state index is 6.21. The van der Waals surface area contributed by atoms with Crippen LogP contribution >= 0.6 is 0 Å². The number of aromatic nitrogens is 3. The molecule has 49 heavy (non-hydrogen) atoms. The monoisotopic (exact) mass is 820 g/mol. The molecule has 1 fully saturated rings. The van der Waals surface area contributed by atoms with Crippen LogP contribution in [0.15, 0.2) is 101 Å². The van der Waals surface area contributed by atoms with Gasteiger partial charge in [0.05, 0.1) is 22.4 Å². The molecule has 4 nitrogen and oxygen atoms in total. The van der Waals surface area contributed by atoms with Gasteiger partial charge in [0, 0.05) is 38.2 Å². The molecule has 7 aromatic rings. The van der Waals surface area contributed by atoms with E-state index in [0.29, 0.717) is 5.92 Å². The molecule has 1 aliphatic carbocycles. The molecule has 249 valence electrons. The Morgan fingerprint density at radius 2 is 1.76 bits per heavy atom. The Morgan fingerprint density at radius 3 is 2.55 bits per heavy atom. The normalized spacial score (nSPS) is 14.5. The van der Waals surface area contributed by atoms with Crippen LogP contribution < -0.4 is 0 Å². The summed E-state index contributed by atoms with van der Waals surface area (Å²) in [4.78, 5) is 9.51. The maximum Gasteiger partial charge on any atom is 0.121 e. The summed E-state index contributed by atoms with van der Waals surface area (Å²) >= 11 is 0. The number of para-hydroxylation sites is 1. The molecule has 4 aromatic carbocycles. The minimum absolute atomic E-state index is 0. The van der Waals surface area contributed by atoms with Crippen molar-refractivity contribution in [2.75, 3.05) is 0 Å². The maximum absolute atomic E-state index is 6.21. The van der Waals surface area contributed by atoms with Gasteiger partial charge in [0.1, 0.15) is 5.58 Å². The van der Waals surface area contributed by atoms with E-state index in [0.717, 1.165) is 63.1 Å².